The number of carbonyl (C=O) groups is 1. The molecule has 30 heavy (non-hydrogen) atoms. The SMILES string of the molecule is O=C(C=C(O)c1cn(Cc2ccccn2)cc1CCc1ccccc1)c1nn[nH]n1. The molecule has 0 saturated carbocycles. The fourth-order valence-electron chi connectivity index (χ4n) is 3.21. The number of aliphatic hydroxyl groups is 1. The number of ketones is 1. The first kappa shape index (κ1) is 19.3. The van der Waals surface area contributed by atoms with Crippen molar-refractivity contribution < 1.29 is 9.90 Å². The van der Waals surface area contributed by atoms with Crippen LogP contribution in [0, 0.1) is 0 Å². The molecule has 0 aliphatic heterocycles. The van der Waals surface area contributed by atoms with Gasteiger partial charge in [0.15, 0.2) is 0 Å². The van der Waals surface area contributed by atoms with E-state index in [1.807, 2.05) is 53.4 Å². The highest BCUT2D eigenvalue weighted by Gasteiger charge is 2.15. The van der Waals surface area contributed by atoms with Crippen molar-refractivity contribution in [1.29, 1.82) is 0 Å². The molecule has 4 aromatic rings. The molecule has 2 N–H and O–H groups in total. The molecule has 0 atom stereocenters. The fraction of sp³-hybridized carbons (Fsp3) is 0.136. The Morgan fingerprint density at radius 2 is 1.90 bits per heavy atom. The van der Waals surface area contributed by atoms with E-state index in [9.17, 15) is 9.90 Å². The molecule has 0 amide bonds. The van der Waals surface area contributed by atoms with Crippen LogP contribution in [0.5, 0.6) is 0 Å². The number of aryl methyl sites for hydroxylation is 2. The number of nitrogens with zero attached hydrogens (tertiary/aromatic N) is 5. The highest BCUT2D eigenvalue weighted by molar-refractivity contribution is 6.05. The molecule has 1 aromatic carbocycles. The summed E-state index contributed by atoms with van der Waals surface area (Å²) < 4.78 is 1.96. The molecule has 0 spiro atoms. The van der Waals surface area contributed by atoms with E-state index in [0.29, 0.717) is 18.5 Å². The van der Waals surface area contributed by atoms with E-state index in [2.05, 4.69) is 37.7 Å². The van der Waals surface area contributed by atoms with Gasteiger partial charge in [-0.05, 0) is 41.3 Å². The zero-order valence-corrected chi connectivity index (χ0v) is 16.1. The van der Waals surface area contributed by atoms with E-state index in [0.717, 1.165) is 23.8 Å². The predicted octanol–water partition coefficient (Wildman–Crippen LogP) is 3.01. The largest absolute Gasteiger partial charge is 0.507 e. The van der Waals surface area contributed by atoms with E-state index in [-0.39, 0.29) is 11.6 Å². The summed E-state index contributed by atoms with van der Waals surface area (Å²) in [6.45, 7) is 0.561. The van der Waals surface area contributed by atoms with Crippen molar-refractivity contribution in [3.8, 4) is 0 Å². The molecule has 0 saturated heterocycles. The first-order chi connectivity index (χ1) is 14.7. The van der Waals surface area contributed by atoms with Gasteiger partial charge >= 0.3 is 0 Å². The molecule has 8 heteroatoms. The van der Waals surface area contributed by atoms with Crippen LogP contribution in [0.15, 0.2) is 73.2 Å². The Bertz CT molecular complexity index is 1140. The molecular formula is C22H20N6O2. The van der Waals surface area contributed by atoms with Crippen molar-refractivity contribution in [1.82, 2.24) is 30.2 Å². The minimum absolute atomic E-state index is 0.0969. The van der Waals surface area contributed by atoms with Gasteiger partial charge in [-0.2, -0.15) is 5.21 Å². The summed E-state index contributed by atoms with van der Waals surface area (Å²) >= 11 is 0. The minimum atomic E-state index is -0.521. The number of hydrogen-bond acceptors (Lipinski definition) is 6. The van der Waals surface area contributed by atoms with Crippen molar-refractivity contribution in [3.63, 3.8) is 0 Å². The molecule has 0 fully saturated rings. The lowest BCUT2D eigenvalue weighted by atomic mass is 10.0. The van der Waals surface area contributed by atoms with Crippen LogP contribution in [0.1, 0.15) is 33.0 Å². The van der Waals surface area contributed by atoms with E-state index in [4.69, 9.17) is 0 Å². The molecule has 3 heterocycles. The fourth-order valence-corrected chi connectivity index (χ4v) is 3.21. The van der Waals surface area contributed by atoms with E-state index < -0.39 is 5.78 Å². The van der Waals surface area contributed by atoms with Gasteiger partial charge in [-0.15, -0.1) is 10.2 Å². The monoisotopic (exact) mass is 400 g/mol. The second kappa shape index (κ2) is 8.95. The highest BCUT2D eigenvalue weighted by Crippen LogP contribution is 2.22. The number of hydrogen-bond donors (Lipinski definition) is 2. The van der Waals surface area contributed by atoms with Crippen LogP contribution in [0.2, 0.25) is 0 Å². The third-order valence-electron chi connectivity index (χ3n) is 4.67. The third-order valence-corrected chi connectivity index (χ3v) is 4.67. The Morgan fingerprint density at radius 1 is 1.07 bits per heavy atom. The van der Waals surface area contributed by atoms with Crippen LogP contribution in [0.25, 0.3) is 5.76 Å². The Labute approximate surface area is 172 Å². The normalized spacial score (nSPS) is 11.5. The maximum Gasteiger partial charge on any atom is 0.244 e. The molecule has 4 rings (SSSR count). The summed E-state index contributed by atoms with van der Waals surface area (Å²) in [5, 5.41) is 23.6. The number of H-pyrrole nitrogens is 1. The molecule has 3 aromatic heterocycles. The maximum absolute atomic E-state index is 12.2. The summed E-state index contributed by atoms with van der Waals surface area (Å²) in [5.41, 5.74) is 3.63. The van der Waals surface area contributed by atoms with E-state index >= 15 is 0 Å². The zero-order valence-electron chi connectivity index (χ0n) is 16.1. The van der Waals surface area contributed by atoms with Crippen molar-refractivity contribution in [2.45, 2.75) is 19.4 Å². The van der Waals surface area contributed by atoms with Crippen LogP contribution in [0.4, 0.5) is 0 Å². The summed E-state index contributed by atoms with van der Waals surface area (Å²) in [6.07, 6.45) is 8.20. The van der Waals surface area contributed by atoms with Crippen molar-refractivity contribution >= 4 is 11.5 Å². The van der Waals surface area contributed by atoms with Gasteiger partial charge in [0.25, 0.3) is 0 Å². The number of nitrogens with one attached hydrogen (secondary N) is 1. The number of aromatic nitrogens is 6. The average Bonchev–Trinajstić information content (AvgIpc) is 3.44. The number of carbonyl (C=O) groups excluding carboxylic acids is 1. The van der Waals surface area contributed by atoms with Crippen LogP contribution in [-0.2, 0) is 19.4 Å². The van der Waals surface area contributed by atoms with Gasteiger partial charge in [0.1, 0.15) is 5.76 Å². The molecule has 0 aliphatic carbocycles. The summed E-state index contributed by atoms with van der Waals surface area (Å²) in [6, 6.07) is 15.9. The van der Waals surface area contributed by atoms with Gasteiger partial charge in [-0.3, -0.25) is 9.78 Å². The second-order valence-corrected chi connectivity index (χ2v) is 6.81. The Kier molecular flexibility index (Phi) is 5.75. The van der Waals surface area contributed by atoms with Crippen LogP contribution in [0.3, 0.4) is 0 Å². The first-order valence-electron chi connectivity index (χ1n) is 9.50. The molecule has 0 radical (unpaired) electrons. The van der Waals surface area contributed by atoms with Gasteiger partial charge in [-0.25, -0.2) is 0 Å². The average molecular weight is 400 g/mol. The molecular weight excluding hydrogens is 380 g/mol. The molecule has 150 valence electrons. The Morgan fingerprint density at radius 3 is 2.63 bits per heavy atom. The maximum atomic E-state index is 12.2. The van der Waals surface area contributed by atoms with Gasteiger partial charge in [0, 0.05) is 30.2 Å². The lowest BCUT2D eigenvalue weighted by Gasteiger charge is -2.04. The van der Waals surface area contributed by atoms with Gasteiger partial charge < -0.3 is 9.67 Å². The van der Waals surface area contributed by atoms with Gasteiger partial charge in [0.2, 0.25) is 11.6 Å². The van der Waals surface area contributed by atoms with Crippen LogP contribution < -0.4 is 0 Å². The second-order valence-electron chi connectivity index (χ2n) is 6.81. The Hall–Kier alpha value is -4.07. The van der Waals surface area contributed by atoms with Crippen molar-refractivity contribution in [2.24, 2.45) is 0 Å². The number of rotatable bonds is 8. The van der Waals surface area contributed by atoms with Gasteiger partial charge in [0.05, 0.1) is 12.2 Å². The number of benzene rings is 1. The lowest BCUT2D eigenvalue weighted by Crippen LogP contribution is -2.00. The van der Waals surface area contributed by atoms with E-state index in [1.165, 1.54) is 5.56 Å². The minimum Gasteiger partial charge on any atom is -0.507 e. The van der Waals surface area contributed by atoms with Crippen molar-refractivity contribution in [3.05, 3.63) is 101 Å². The Balaban J connectivity index is 1.61. The number of tetrazole rings is 1. The zero-order chi connectivity index (χ0) is 20.8. The molecule has 0 aliphatic rings. The summed E-state index contributed by atoms with van der Waals surface area (Å²) in [4.78, 5) is 16.6. The molecule has 8 nitrogen and oxygen atoms in total. The smallest absolute Gasteiger partial charge is 0.244 e. The molecule has 0 unspecified atom stereocenters. The number of allylic oxidation sites excluding steroid dienone is 1. The first-order valence-corrected chi connectivity index (χ1v) is 9.50. The van der Waals surface area contributed by atoms with Crippen LogP contribution >= 0.6 is 0 Å². The van der Waals surface area contributed by atoms with Crippen molar-refractivity contribution in [2.75, 3.05) is 0 Å². The van der Waals surface area contributed by atoms with Crippen LogP contribution in [-0.4, -0.2) is 41.1 Å². The quantitative estimate of drug-likeness (QED) is 0.267. The third kappa shape index (κ3) is 4.67. The van der Waals surface area contributed by atoms with Gasteiger partial charge in [-0.1, -0.05) is 36.4 Å². The number of aliphatic hydroxyl groups excluding tert-OH is 1. The standard InChI is InChI=1S/C22H20N6O2/c29-20(12-21(30)22-24-26-27-25-22)19-15-28(14-18-8-4-5-11-23-18)13-17(19)10-9-16-6-2-1-3-7-16/h1-8,11-13,15,29H,9-10,14H2,(H,24,25,26,27). The summed E-state index contributed by atoms with van der Waals surface area (Å²) in [7, 11) is 0. The number of aromatic amines is 1. The number of pyridine rings is 1. The molecule has 0 bridgehead atoms. The van der Waals surface area contributed by atoms with E-state index in [1.54, 1.807) is 6.20 Å². The lowest BCUT2D eigenvalue weighted by molar-refractivity contribution is 0.103. The highest BCUT2D eigenvalue weighted by atomic mass is 16.3. The predicted molar refractivity (Wildman–Crippen MR) is 111 cm³/mol. The topological polar surface area (TPSA) is 110 Å². The summed E-state index contributed by atoms with van der Waals surface area (Å²) in [5.74, 6) is -0.749.